The summed E-state index contributed by atoms with van der Waals surface area (Å²) < 4.78 is 93.7. The molecule has 0 saturated carbocycles. The molecule has 0 radical (unpaired) electrons. The average molecular weight is 1700 g/mol. The molecule has 117 heavy (non-hydrogen) atoms. The molecule has 0 spiro atoms. The molecule has 0 unspecified atom stereocenters. The van der Waals surface area contributed by atoms with Gasteiger partial charge in [0.05, 0.1) is 58.5 Å². The van der Waals surface area contributed by atoms with E-state index < -0.39 is 65.0 Å². The number of allylic oxidation sites excluding steroid dienone is 8. The number of esters is 4. The largest absolute Gasteiger partial charge is 2.00 e. The second kappa shape index (κ2) is 84.6. The van der Waals surface area contributed by atoms with Crippen LogP contribution in [0.25, 0.3) is 0 Å². The first-order chi connectivity index (χ1) is 56.6. The van der Waals surface area contributed by atoms with Gasteiger partial charge in [0.15, 0.2) is 0 Å². The molecule has 14 nitrogen and oxygen atoms in total. The Balaban J connectivity index is 0.00000228. The van der Waals surface area contributed by atoms with Gasteiger partial charge in [0.2, 0.25) is 0 Å². The fraction of sp³-hybridized carbons (Fsp3) is 0.760. The van der Waals surface area contributed by atoms with Crippen molar-refractivity contribution in [2.75, 3.05) is 26.4 Å². The molecule has 0 aliphatic carbocycles. The zero-order valence-corrected chi connectivity index (χ0v) is 79.1. The van der Waals surface area contributed by atoms with Gasteiger partial charge in [-0.05, 0) is 153 Å². The molecule has 668 valence electrons. The minimum Gasteiger partial charge on any atom is -0.744 e. The van der Waals surface area contributed by atoms with Crippen LogP contribution in [0.1, 0.15) is 506 Å². The van der Waals surface area contributed by atoms with Crippen molar-refractivity contribution in [3.63, 3.8) is 0 Å². The number of unbranched alkanes of at least 4 members (excludes halogenated alkanes) is 60. The first-order valence-electron chi connectivity index (χ1n) is 48.1. The molecule has 0 amide bonds. The van der Waals surface area contributed by atoms with Gasteiger partial charge in [-0.15, -0.1) is 0 Å². The third kappa shape index (κ3) is 69.5. The van der Waals surface area contributed by atoms with Crippen molar-refractivity contribution in [2.24, 2.45) is 0 Å². The second-order valence-corrected chi connectivity index (χ2v) is 35.5. The van der Waals surface area contributed by atoms with Gasteiger partial charge >= 0.3 is 61.6 Å². The third-order valence-electron chi connectivity index (χ3n) is 22.0. The van der Waals surface area contributed by atoms with Crippen molar-refractivity contribution < 1.29 is 64.1 Å². The van der Waals surface area contributed by atoms with E-state index in [2.05, 4.69) is 76.3 Å². The monoisotopic (exact) mass is 1700 g/mol. The van der Waals surface area contributed by atoms with Crippen LogP contribution in [0.2, 0.25) is 0 Å². The van der Waals surface area contributed by atoms with Gasteiger partial charge in [0, 0.05) is 0 Å². The first-order valence-corrected chi connectivity index (χ1v) is 50.9. The normalized spacial score (nSPS) is 11.8. The molecule has 2 aromatic carbocycles. The van der Waals surface area contributed by atoms with Crippen LogP contribution in [-0.4, -0.2) is 114 Å². The molecule has 0 bridgehead atoms. The Labute approximate surface area is 747 Å². The Bertz CT molecular complexity index is 2810. The molecule has 0 N–H and O–H groups in total. The minimum absolute atomic E-state index is 0. The van der Waals surface area contributed by atoms with Gasteiger partial charge in [0.25, 0.3) is 0 Å². The van der Waals surface area contributed by atoms with Crippen molar-refractivity contribution in [3.05, 3.63) is 107 Å². The summed E-state index contributed by atoms with van der Waals surface area (Å²) in [4.78, 5) is 50.5. The molecule has 0 aliphatic heterocycles. The Hall–Kier alpha value is -3.64. The second-order valence-electron chi connectivity index (χ2n) is 32.8. The molecule has 2 aromatic rings. The number of hydrogen-bond donors (Lipinski definition) is 0. The van der Waals surface area contributed by atoms with E-state index in [9.17, 15) is 45.1 Å². The van der Waals surface area contributed by atoms with E-state index in [0.29, 0.717) is 25.7 Å². The zero-order chi connectivity index (χ0) is 84.4. The van der Waals surface area contributed by atoms with Crippen LogP contribution in [0, 0.1) is 0 Å². The van der Waals surface area contributed by atoms with Crippen LogP contribution in [0.4, 0.5) is 0 Å². The van der Waals surface area contributed by atoms with Crippen molar-refractivity contribution in [1.29, 1.82) is 0 Å². The smallest absolute Gasteiger partial charge is 0.744 e. The van der Waals surface area contributed by atoms with E-state index in [0.717, 1.165) is 89.2 Å². The van der Waals surface area contributed by atoms with Gasteiger partial charge < -0.3 is 28.1 Å². The fourth-order valence-corrected chi connectivity index (χ4v) is 16.1. The summed E-state index contributed by atoms with van der Waals surface area (Å²) in [7, 11) is -10.0. The Morgan fingerprint density at radius 2 is 0.393 bits per heavy atom. The number of ether oxygens (including phenoxy) is 4. The summed E-state index contributed by atoms with van der Waals surface area (Å²) in [6.07, 6.45) is 101. The van der Waals surface area contributed by atoms with E-state index in [-0.39, 0.29) is 75.3 Å². The molecular weight excluding hydrogens is 1530 g/mol. The van der Waals surface area contributed by atoms with Crippen LogP contribution < -0.4 is 0 Å². The summed E-state index contributed by atoms with van der Waals surface area (Å²) >= 11 is 0. The van der Waals surface area contributed by atoms with Crippen molar-refractivity contribution in [2.45, 2.75) is 474 Å². The topological polar surface area (TPSA) is 220 Å². The summed E-state index contributed by atoms with van der Waals surface area (Å²) in [5.74, 6) is -3.62. The maximum atomic E-state index is 13.0. The molecule has 0 atom stereocenters. The molecule has 0 heterocycles. The molecule has 0 aliphatic rings. The average Bonchev–Trinajstić information content (AvgIpc) is 0.796. The standard InChI is InChI=1S/2C50H86O7S.Ca/c2*1-3-5-7-9-11-13-15-17-19-21-23-25-27-29-31-33-35-37-39-44-56-49(51)46-42-41-43-47(58(53,54)55)48(46)50(52)57-45-40-38-36-34-32-30-28-26-24-22-20-18-16-14-12-10-8-6-4-2;/h2*17-20,41-43H,3-16,21-40,44-45H2,1-2H3,(H,53,54,55);/q;;+2/p-2/b2*19-17+,20-18+;. The summed E-state index contributed by atoms with van der Waals surface area (Å²) in [5, 5.41) is 0. The molecular formula is C100H170CaO14S2. The van der Waals surface area contributed by atoms with Gasteiger partial charge in [-0.1, -0.05) is 397 Å². The third-order valence-corrected chi connectivity index (χ3v) is 23.8. The predicted molar refractivity (Wildman–Crippen MR) is 489 cm³/mol. The Morgan fingerprint density at radius 1 is 0.239 bits per heavy atom. The van der Waals surface area contributed by atoms with Crippen LogP contribution in [0.5, 0.6) is 0 Å². The van der Waals surface area contributed by atoms with E-state index in [1.54, 1.807) is 0 Å². The van der Waals surface area contributed by atoms with Gasteiger partial charge in [-0.2, -0.15) is 0 Å². The maximum Gasteiger partial charge on any atom is 2.00 e. The predicted octanol–water partition coefficient (Wildman–Crippen LogP) is 30.3. The molecule has 0 fully saturated rings. The maximum absolute atomic E-state index is 13.0. The first kappa shape index (κ1) is 113. The van der Waals surface area contributed by atoms with Crippen molar-refractivity contribution in [1.82, 2.24) is 0 Å². The van der Waals surface area contributed by atoms with E-state index in [4.69, 9.17) is 18.9 Å². The Morgan fingerprint density at radius 3 is 0.564 bits per heavy atom. The van der Waals surface area contributed by atoms with Crippen molar-refractivity contribution in [3.8, 4) is 0 Å². The molecule has 17 heteroatoms. The number of carbonyl (C=O) groups excluding carboxylic acids is 4. The molecule has 0 aromatic heterocycles. The van der Waals surface area contributed by atoms with Crippen molar-refractivity contribution >= 4 is 81.9 Å². The summed E-state index contributed by atoms with van der Waals surface area (Å²) in [6.45, 7) is 9.52. The van der Waals surface area contributed by atoms with E-state index >= 15 is 0 Å². The van der Waals surface area contributed by atoms with Gasteiger partial charge in [-0.25, -0.2) is 36.0 Å². The zero-order valence-electron chi connectivity index (χ0n) is 75.2. The SMILES string of the molecule is CCCCCCCC/C=C/CCCCCCCCCCCOC(=O)c1cccc(S(=O)(=O)[O-])c1C(=O)OCCCCCCCCCCC/C=C/CCCCCCCC.CCCCCCCC/C=C/CCCCCCCCCCCOC(=O)c1cccc(S(=O)(=O)[O-])c1C(=O)OCCCCCCCCCCC/C=C/CCCCCCCC.[Ca+2]. The number of benzene rings is 2. The summed E-state index contributed by atoms with van der Waals surface area (Å²) in [5.41, 5.74) is -1.56. The molecule has 0 saturated heterocycles. The molecule has 2 rings (SSSR count). The van der Waals surface area contributed by atoms with E-state index in [1.165, 1.54) is 358 Å². The van der Waals surface area contributed by atoms with Gasteiger partial charge in [0.1, 0.15) is 20.2 Å². The van der Waals surface area contributed by atoms with Gasteiger partial charge in [-0.3, -0.25) is 0 Å². The number of carbonyl (C=O) groups is 4. The number of rotatable bonds is 82. The quantitative estimate of drug-likeness (QED) is 0.0150. The number of hydrogen-bond acceptors (Lipinski definition) is 14. The van der Waals surface area contributed by atoms with Crippen LogP contribution in [-0.2, 0) is 39.2 Å². The minimum atomic E-state index is -5.02. The van der Waals surface area contributed by atoms with Crippen LogP contribution >= 0.6 is 0 Å². The fourth-order valence-electron chi connectivity index (χ4n) is 14.7. The van der Waals surface area contributed by atoms with Crippen LogP contribution in [0.15, 0.2) is 94.8 Å². The van der Waals surface area contributed by atoms with E-state index in [1.807, 2.05) is 0 Å². The Kier molecular flexibility index (Phi) is 81.9. The van der Waals surface area contributed by atoms with Crippen LogP contribution in [0.3, 0.4) is 0 Å². The summed E-state index contributed by atoms with van der Waals surface area (Å²) in [6, 6.07) is 7.27.